The smallest absolute Gasteiger partial charge is 0.407 e. The topological polar surface area (TPSA) is 84.5 Å². The van der Waals surface area contributed by atoms with E-state index in [2.05, 4.69) is 10.6 Å². The van der Waals surface area contributed by atoms with Crippen molar-refractivity contribution in [2.75, 3.05) is 25.4 Å². The minimum atomic E-state index is -3.43. The van der Waals surface area contributed by atoms with Crippen molar-refractivity contribution >= 4 is 15.9 Å². The van der Waals surface area contributed by atoms with E-state index in [1.807, 2.05) is 0 Å². The lowest BCUT2D eigenvalue weighted by molar-refractivity contribution is 0.0528. The van der Waals surface area contributed by atoms with Crippen molar-refractivity contribution < 1.29 is 17.9 Å². The molecule has 0 aliphatic carbocycles. The van der Waals surface area contributed by atoms with Crippen LogP contribution in [-0.2, 0) is 14.6 Å². The fraction of sp³-hybridized carbons (Fsp3) is 0.800. The molecule has 2 N–H and O–H groups in total. The van der Waals surface area contributed by atoms with Gasteiger partial charge in [0.25, 0.3) is 0 Å². The standard InChI is InChI=1S/C10H20N2O4S/c1-10(2,3)16-9(13)12-6-5-11-7-8-17(4,14)15/h4,11H,5-8H2,1-3H3,(H,12,13). The monoisotopic (exact) mass is 264 g/mol. The number of alkyl carbamates (subject to hydrolysis) is 1. The number of carbonyl (C=O) groups is 1. The molecule has 0 heterocycles. The van der Waals surface area contributed by atoms with Gasteiger partial charge in [-0.15, -0.1) is 0 Å². The van der Waals surface area contributed by atoms with Gasteiger partial charge < -0.3 is 15.4 Å². The number of amides is 1. The molecular formula is C10H20N2O4S. The van der Waals surface area contributed by atoms with Crippen LogP contribution in [0.4, 0.5) is 4.79 Å². The first kappa shape index (κ1) is 16.2. The number of hydrogen-bond acceptors (Lipinski definition) is 5. The van der Waals surface area contributed by atoms with E-state index in [0.717, 1.165) is 0 Å². The Morgan fingerprint density at radius 3 is 2.29 bits per heavy atom. The van der Waals surface area contributed by atoms with Crippen LogP contribution in [0.5, 0.6) is 0 Å². The highest BCUT2D eigenvalue weighted by Crippen LogP contribution is 2.05. The molecule has 0 unspecified atom stereocenters. The predicted octanol–water partition coefficient (Wildman–Crippen LogP) is 0.184. The van der Waals surface area contributed by atoms with Gasteiger partial charge in [-0.2, -0.15) is 0 Å². The Morgan fingerprint density at radius 1 is 1.24 bits per heavy atom. The zero-order valence-corrected chi connectivity index (χ0v) is 11.3. The maximum absolute atomic E-state index is 11.2. The first-order valence-corrected chi connectivity index (χ1v) is 7.00. The SMILES string of the molecule is [CH]S(=O)(=O)CCNCCNC(=O)OC(C)(C)C. The lowest BCUT2D eigenvalue weighted by Gasteiger charge is -2.19. The molecule has 0 aliphatic heterocycles. The second kappa shape index (κ2) is 6.80. The molecule has 0 rings (SSSR count). The van der Waals surface area contributed by atoms with Gasteiger partial charge in [-0.1, -0.05) is 0 Å². The normalized spacial score (nSPS) is 12.2. The Hall–Kier alpha value is -0.820. The molecular weight excluding hydrogens is 244 g/mol. The van der Waals surface area contributed by atoms with Crippen molar-refractivity contribution in [3.8, 4) is 0 Å². The second-order valence-corrected chi connectivity index (χ2v) is 6.28. The highest BCUT2D eigenvalue weighted by Gasteiger charge is 2.15. The van der Waals surface area contributed by atoms with Crippen molar-refractivity contribution in [1.82, 2.24) is 10.6 Å². The molecule has 100 valence electrons. The van der Waals surface area contributed by atoms with Gasteiger partial charge in [0.2, 0.25) is 0 Å². The predicted molar refractivity (Wildman–Crippen MR) is 65.2 cm³/mol. The molecule has 0 saturated carbocycles. The van der Waals surface area contributed by atoms with E-state index in [0.29, 0.717) is 13.1 Å². The van der Waals surface area contributed by atoms with Crippen molar-refractivity contribution in [1.29, 1.82) is 0 Å². The summed E-state index contributed by atoms with van der Waals surface area (Å²) in [6.07, 6.45) is 4.32. The van der Waals surface area contributed by atoms with E-state index in [4.69, 9.17) is 11.0 Å². The van der Waals surface area contributed by atoms with Gasteiger partial charge in [0, 0.05) is 19.6 Å². The summed E-state index contributed by atoms with van der Waals surface area (Å²) in [6, 6.07) is 0. The Morgan fingerprint density at radius 2 is 1.82 bits per heavy atom. The second-order valence-electron chi connectivity index (χ2n) is 4.55. The highest BCUT2D eigenvalue weighted by atomic mass is 32.2. The summed E-state index contributed by atoms with van der Waals surface area (Å²) in [5, 5.41) is 5.36. The maximum atomic E-state index is 11.2. The molecule has 6 nitrogen and oxygen atoms in total. The summed E-state index contributed by atoms with van der Waals surface area (Å²) >= 11 is 0. The molecule has 17 heavy (non-hydrogen) atoms. The van der Waals surface area contributed by atoms with E-state index >= 15 is 0 Å². The number of carbonyl (C=O) groups excluding carboxylic acids is 1. The summed E-state index contributed by atoms with van der Waals surface area (Å²) < 4.78 is 26.2. The minimum Gasteiger partial charge on any atom is -0.444 e. The van der Waals surface area contributed by atoms with Gasteiger partial charge in [0.15, 0.2) is 9.84 Å². The molecule has 1 amide bonds. The average molecular weight is 264 g/mol. The zero-order chi connectivity index (χ0) is 13.5. The first-order valence-electron chi connectivity index (χ1n) is 5.28. The zero-order valence-electron chi connectivity index (χ0n) is 10.4. The van der Waals surface area contributed by atoms with E-state index in [-0.39, 0.29) is 12.3 Å². The third-order valence-electron chi connectivity index (χ3n) is 1.53. The maximum Gasteiger partial charge on any atom is 0.407 e. The van der Waals surface area contributed by atoms with E-state index in [1.165, 1.54) is 0 Å². The lowest BCUT2D eigenvalue weighted by Crippen LogP contribution is -2.37. The summed E-state index contributed by atoms with van der Waals surface area (Å²) in [5.41, 5.74) is -0.523. The van der Waals surface area contributed by atoms with Gasteiger partial charge in [-0.05, 0) is 20.8 Å². The van der Waals surface area contributed by atoms with Crippen LogP contribution in [-0.4, -0.2) is 45.5 Å². The van der Waals surface area contributed by atoms with Gasteiger partial charge in [-0.3, -0.25) is 0 Å². The van der Waals surface area contributed by atoms with Crippen LogP contribution >= 0.6 is 0 Å². The number of nitrogens with one attached hydrogen (secondary N) is 2. The van der Waals surface area contributed by atoms with Crippen molar-refractivity contribution in [2.45, 2.75) is 26.4 Å². The lowest BCUT2D eigenvalue weighted by atomic mass is 10.2. The van der Waals surface area contributed by atoms with Crippen LogP contribution in [0.2, 0.25) is 0 Å². The Bertz CT molecular complexity index is 333. The van der Waals surface area contributed by atoms with E-state index in [9.17, 15) is 13.2 Å². The van der Waals surface area contributed by atoms with Crippen LogP contribution in [0.15, 0.2) is 0 Å². The van der Waals surface area contributed by atoms with Crippen LogP contribution in [0.1, 0.15) is 20.8 Å². The molecule has 0 bridgehead atoms. The number of sulfone groups is 1. The largest absolute Gasteiger partial charge is 0.444 e. The third-order valence-corrected chi connectivity index (χ3v) is 2.31. The highest BCUT2D eigenvalue weighted by molar-refractivity contribution is 7.92. The van der Waals surface area contributed by atoms with Gasteiger partial charge in [0.05, 0.1) is 12.0 Å². The van der Waals surface area contributed by atoms with Crippen molar-refractivity contribution in [3.63, 3.8) is 0 Å². The summed E-state index contributed by atoms with van der Waals surface area (Å²) in [4.78, 5) is 11.2. The average Bonchev–Trinajstić information content (AvgIpc) is 2.06. The van der Waals surface area contributed by atoms with Crippen LogP contribution in [0.3, 0.4) is 0 Å². The minimum absolute atomic E-state index is 0.126. The molecule has 2 radical (unpaired) electrons. The van der Waals surface area contributed by atoms with E-state index in [1.54, 1.807) is 20.8 Å². The number of ether oxygens (including phenoxy) is 1. The number of hydrogen-bond donors (Lipinski definition) is 2. The Labute approximate surface area is 103 Å². The molecule has 0 atom stereocenters. The Kier molecular flexibility index (Phi) is 6.48. The van der Waals surface area contributed by atoms with E-state index < -0.39 is 21.5 Å². The molecule has 0 aromatic heterocycles. The third kappa shape index (κ3) is 13.1. The van der Waals surface area contributed by atoms with Crippen LogP contribution in [0, 0.1) is 6.26 Å². The molecule has 0 fully saturated rings. The molecule has 0 aromatic carbocycles. The molecule has 0 aliphatic rings. The van der Waals surface area contributed by atoms with Crippen LogP contribution < -0.4 is 10.6 Å². The summed E-state index contributed by atoms with van der Waals surface area (Å²) in [5.74, 6) is -0.126. The van der Waals surface area contributed by atoms with Crippen LogP contribution in [0.25, 0.3) is 0 Å². The fourth-order valence-corrected chi connectivity index (χ4v) is 1.34. The number of rotatable bonds is 6. The molecule has 0 spiro atoms. The summed E-state index contributed by atoms with van der Waals surface area (Å²) in [7, 11) is -3.43. The summed E-state index contributed by atoms with van der Waals surface area (Å²) in [6.45, 7) is 6.40. The van der Waals surface area contributed by atoms with Crippen molar-refractivity contribution in [2.24, 2.45) is 0 Å². The molecule has 7 heteroatoms. The van der Waals surface area contributed by atoms with Gasteiger partial charge in [-0.25, -0.2) is 13.2 Å². The van der Waals surface area contributed by atoms with Crippen molar-refractivity contribution in [3.05, 3.63) is 6.26 Å². The Balaban J connectivity index is 3.50. The first-order chi connectivity index (χ1) is 7.60. The quantitative estimate of drug-likeness (QED) is 0.669. The molecule has 0 aromatic rings. The van der Waals surface area contributed by atoms with Gasteiger partial charge >= 0.3 is 6.09 Å². The molecule has 0 saturated heterocycles. The van der Waals surface area contributed by atoms with Gasteiger partial charge in [0.1, 0.15) is 5.60 Å². The fourth-order valence-electron chi connectivity index (χ4n) is 0.907.